The van der Waals surface area contributed by atoms with Crippen molar-refractivity contribution in [3.63, 3.8) is 0 Å². The topological polar surface area (TPSA) is 99.7 Å². The predicted molar refractivity (Wildman–Crippen MR) is 142 cm³/mol. The van der Waals surface area contributed by atoms with E-state index in [2.05, 4.69) is 15.5 Å². The number of amides is 3. The van der Waals surface area contributed by atoms with E-state index in [0.29, 0.717) is 57.2 Å². The lowest BCUT2D eigenvalue weighted by Crippen LogP contribution is -2.41. The molecule has 2 aliphatic heterocycles. The number of ether oxygens (including phenoxy) is 1. The molecule has 9 nitrogen and oxygen atoms in total. The van der Waals surface area contributed by atoms with E-state index in [1.807, 2.05) is 66.4 Å². The van der Waals surface area contributed by atoms with Crippen molar-refractivity contribution in [2.24, 2.45) is 0 Å². The number of urea groups is 1. The molecular weight excluding hydrogens is 468 g/mol. The largest absolute Gasteiger partial charge is 0.378 e. The number of nitrogens with zero attached hydrogens (tertiary/aromatic N) is 4. The monoisotopic (exact) mass is 500 g/mol. The number of nitrogens with one attached hydrogen (secondary N) is 2. The van der Waals surface area contributed by atoms with Crippen LogP contribution in [0.2, 0.25) is 0 Å². The van der Waals surface area contributed by atoms with Gasteiger partial charge in [0.25, 0.3) is 0 Å². The molecular formula is C28H32N6O3. The summed E-state index contributed by atoms with van der Waals surface area (Å²) in [5.74, 6) is 1.64. The maximum atomic E-state index is 13.1. The fourth-order valence-electron chi connectivity index (χ4n) is 4.70. The molecule has 1 saturated heterocycles. The number of hydrogen-bond acceptors (Lipinski definition) is 6. The number of benzene rings is 2. The van der Waals surface area contributed by atoms with Crippen LogP contribution >= 0.6 is 0 Å². The minimum atomic E-state index is -0.235. The predicted octanol–water partition coefficient (Wildman–Crippen LogP) is 3.25. The smallest absolute Gasteiger partial charge is 0.319 e. The van der Waals surface area contributed by atoms with Gasteiger partial charge in [-0.25, -0.2) is 14.8 Å². The molecule has 0 atom stereocenters. The zero-order chi connectivity index (χ0) is 25.6. The van der Waals surface area contributed by atoms with Crippen LogP contribution in [-0.2, 0) is 28.9 Å². The molecule has 3 heterocycles. The lowest BCUT2D eigenvalue weighted by Gasteiger charge is -2.34. The highest BCUT2D eigenvalue weighted by Crippen LogP contribution is 2.31. The normalized spacial score (nSPS) is 15.2. The maximum absolute atomic E-state index is 13.1. The Labute approximate surface area is 216 Å². The van der Waals surface area contributed by atoms with Gasteiger partial charge in [0, 0.05) is 49.4 Å². The van der Waals surface area contributed by atoms with Crippen molar-refractivity contribution in [2.45, 2.75) is 26.3 Å². The summed E-state index contributed by atoms with van der Waals surface area (Å²) in [5.41, 5.74) is 4.60. The highest BCUT2D eigenvalue weighted by Gasteiger charge is 2.28. The van der Waals surface area contributed by atoms with Crippen molar-refractivity contribution in [3.05, 3.63) is 71.4 Å². The summed E-state index contributed by atoms with van der Waals surface area (Å²) in [6, 6.07) is 17.2. The standard InChI is InChI=1S/C28H32N6O3/c1-2-29-28(36)30-22-10-8-21(9-11-22)26-31-24-12-13-34(25(35)18-20-6-4-3-5-7-20)19-23(24)27(32-26)33-14-16-37-17-15-33/h3-11H,2,12-19H2,1H3,(H2,29,30,36). The molecule has 0 bridgehead atoms. The zero-order valence-electron chi connectivity index (χ0n) is 21.1. The number of fused-ring (bicyclic) bond motifs is 1. The van der Waals surface area contributed by atoms with E-state index in [9.17, 15) is 9.59 Å². The van der Waals surface area contributed by atoms with Crippen molar-refractivity contribution >= 4 is 23.4 Å². The Bertz CT molecular complexity index is 1240. The molecule has 2 aliphatic rings. The van der Waals surface area contributed by atoms with Gasteiger partial charge in [0.1, 0.15) is 5.82 Å². The van der Waals surface area contributed by atoms with Crippen molar-refractivity contribution < 1.29 is 14.3 Å². The molecule has 1 fully saturated rings. The molecule has 3 aromatic rings. The van der Waals surface area contributed by atoms with Crippen LogP contribution in [0.15, 0.2) is 54.6 Å². The highest BCUT2D eigenvalue weighted by molar-refractivity contribution is 5.89. The second-order valence-corrected chi connectivity index (χ2v) is 9.18. The van der Waals surface area contributed by atoms with Gasteiger partial charge in [-0.15, -0.1) is 0 Å². The van der Waals surface area contributed by atoms with Gasteiger partial charge in [0.2, 0.25) is 5.91 Å². The average Bonchev–Trinajstić information content (AvgIpc) is 2.93. The Morgan fingerprint density at radius 3 is 2.46 bits per heavy atom. The van der Waals surface area contributed by atoms with E-state index in [0.717, 1.165) is 41.3 Å². The molecule has 1 aromatic heterocycles. The lowest BCUT2D eigenvalue weighted by molar-refractivity contribution is -0.131. The molecule has 192 valence electrons. The molecule has 0 spiro atoms. The van der Waals surface area contributed by atoms with Crippen molar-refractivity contribution in [2.75, 3.05) is 49.6 Å². The van der Waals surface area contributed by atoms with Gasteiger partial charge in [0.05, 0.1) is 31.9 Å². The molecule has 37 heavy (non-hydrogen) atoms. The Morgan fingerprint density at radius 1 is 0.973 bits per heavy atom. The Hall–Kier alpha value is -3.98. The molecule has 2 N–H and O–H groups in total. The Morgan fingerprint density at radius 2 is 1.73 bits per heavy atom. The van der Waals surface area contributed by atoms with Crippen LogP contribution in [0.25, 0.3) is 11.4 Å². The van der Waals surface area contributed by atoms with Gasteiger partial charge >= 0.3 is 6.03 Å². The van der Waals surface area contributed by atoms with Crippen molar-refractivity contribution in [3.8, 4) is 11.4 Å². The van der Waals surface area contributed by atoms with Crippen LogP contribution in [0.1, 0.15) is 23.7 Å². The first kappa shape index (κ1) is 24.7. The number of hydrogen-bond donors (Lipinski definition) is 2. The third kappa shape index (κ3) is 5.89. The molecule has 2 aromatic carbocycles. The molecule has 0 radical (unpaired) electrons. The fraction of sp³-hybridized carbons (Fsp3) is 0.357. The van der Waals surface area contributed by atoms with Crippen LogP contribution in [0.3, 0.4) is 0 Å². The molecule has 0 saturated carbocycles. The SMILES string of the molecule is CCNC(=O)Nc1ccc(-c2nc3c(c(N4CCOCC4)n2)CN(C(=O)Cc2ccccc2)CC3)cc1. The van der Waals surface area contributed by atoms with Crippen LogP contribution in [0, 0.1) is 0 Å². The lowest BCUT2D eigenvalue weighted by atomic mass is 10.0. The fourth-order valence-corrected chi connectivity index (χ4v) is 4.70. The third-order valence-corrected chi connectivity index (χ3v) is 6.64. The summed E-state index contributed by atoms with van der Waals surface area (Å²) < 4.78 is 5.58. The van der Waals surface area contributed by atoms with E-state index in [4.69, 9.17) is 14.7 Å². The number of carbonyl (C=O) groups excluding carboxylic acids is 2. The first-order valence-electron chi connectivity index (χ1n) is 12.8. The number of carbonyl (C=O) groups is 2. The number of morpholine rings is 1. The first-order valence-corrected chi connectivity index (χ1v) is 12.8. The van der Waals surface area contributed by atoms with Gasteiger partial charge in [-0.3, -0.25) is 4.79 Å². The second kappa shape index (κ2) is 11.4. The molecule has 5 rings (SSSR count). The summed E-state index contributed by atoms with van der Waals surface area (Å²) in [7, 11) is 0. The highest BCUT2D eigenvalue weighted by atomic mass is 16.5. The number of anilines is 2. The molecule has 0 unspecified atom stereocenters. The minimum Gasteiger partial charge on any atom is -0.378 e. The van der Waals surface area contributed by atoms with Crippen LogP contribution < -0.4 is 15.5 Å². The van der Waals surface area contributed by atoms with Gasteiger partial charge in [-0.05, 0) is 36.8 Å². The van der Waals surface area contributed by atoms with Gasteiger partial charge in [-0.1, -0.05) is 30.3 Å². The van der Waals surface area contributed by atoms with E-state index >= 15 is 0 Å². The summed E-state index contributed by atoms with van der Waals surface area (Å²) in [4.78, 5) is 39.0. The van der Waals surface area contributed by atoms with Crippen molar-refractivity contribution in [1.82, 2.24) is 20.2 Å². The minimum absolute atomic E-state index is 0.115. The summed E-state index contributed by atoms with van der Waals surface area (Å²) >= 11 is 0. The van der Waals surface area contributed by atoms with Gasteiger partial charge in [-0.2, -0.15) is 0 Å². The summed E-state index contributed by atoms with van der Waals surface area (Å²) in [5, 5.41) is 5.54. The zero-order valence-corrected chi connectivity index (χ0v) is 21.1. The Kier molecular flexibility index (Phi) is 7.60. The summed E-state index contributed by atoms with van der Waals surface area (Å²) in [6.45, 7) is 6.35. The second-order valence-electron chi connectivity index (χ2n) is 9.18. The van der Waals surface area contributed by atoms with E-state index in [1.165, 1.54) is 0 Å². The van der Waals surface area contributed by atoms with Gasteiger partial charge < -0.3 is 25.2 Å². The van der Waals surface area contributed by atoms with Gasteiger partial charge in [0.15, 0.2) is 5.82 Å². The molecule has 9 heteroatoms. The Balaban J connectivity index is 1.41. The van der Waals surface area contributed by atoms with Crippen LogP contribution in [0.5, 0.6) is 0 Å². The first-order chi connectivity index (χ1) is 18.1. The number of rotatable bonds is 6. The average molecular weight is 501 g/mol. The quantitative estimate of drug-likeness (QED) is 0.539. The maximum Gasteiger partial charge on any atom is 0.319 e. The van der Waals surface area contributed by atoms with E-state index in [-0.39, 0.29) is 11.9 Å². The molecule has 3 amide bonds. The van der Waals surface area contributed by atoms with Crippen molar-refractivity contribution in [1.29, 1.82) is 0 Å². The van der Waals surface area contributed by atoms with E-state index < -0.39 is 0 Å². The summed E-state index contributed by atoms with van der Waals surface area (Å²) in [6.07, 6.45) is 1.07. The third-order valence-electron chi connectivity index (χ3n) is 6.64. The number of aromatic nitrogens is 2. The molecule has 0 aliphatic carbocycles. The van der Waals surface area contributed by atoms with Crippen LogP contribution in [-0.4, -0.2) is 66.2 Å². The van der Waals surface area contributed by atoms with E-state index in [1.54, 1.807) is 0 Å². The van der Waals surface area contributed by atoms with Crippen LogP contribution in [0.4, 0.5) is 16.3 Å².